The third kappa shape index (κ3) is 3.46. The molecule has 0 fully saturated rings. The molecule has 1 aliphatic heterocycles. The fourth-order valence-electron chi connectivity index (χ4n) is 2.74. The van der Waals surface area contributed by atoms with Crippen molar-refractivity contribution in [1.29, 1.82) is 0 Å². The fourth-order valence-corrected chi connectivity index (χ4v) is 3.24. The molecule has 1 aliphatic rings. The van der Waals surface area contributed by atoms with Crippen LogP contribution in [0.3, 0.4) is 0 Å². The van der Waals surface area contributed by atoms with Gasteiger partial charge in [0.25, 0.3) is 11.8 Å². The van der Waals surface area contributed by atoms with Crippen molar-refractivity contribution in [3.63, 3.8) is 0 Å². The zero-order valence-corrected chi connectivity index (χ0v) is 16.3. The highest BCUT2D eigenvalue weighted by molar-refractivity contribution is 6.41. The second-order valence-electron chi connectivity index (χ2n) is 5.73. The van der Waals surface area contributed by atoms with Gasteiger partial charge in [0, 0.05) is 23.7 Å². The van der Waals surface area contributed by atoms with Crippen LogP contribution in [0.4, 0.5) is 5.69 Å². The number of hydrogen-bond donors (Lipinski definition) is 1. The van der Waals surface area contributed by atoms with Gasteiger partial charge in [-0.15, -0.1) is 0 Å². The van der Waals surface area contributed by atoms with E-state index in [0.717, 1.165) is 4.90 Å². The molecule has 3 rings (SSSR count). The predicted octanol–water partition coefficient (Wildman–Crippen LogP) is 3.83. The highest BCUT2D eigenvalue weighted by atomic mass is 35.5. The maximum Gasteiger partial charge on any atom is 0.277 e. The van der Waals surface area contributed by atoms with Crippen LogP contribution in [-0.4, -0.2) is 38.0 Å². The molecule has 2 aromatic carbocycles. The molecule has 0 aromatic heterocycles. The molecule has 0 saturated heterocycles. The molecule has 0 unspecified atom stereocenters. The number of methoxy groups -OCH3 is 2. The molecule has 8 heteroatoms. The summed E-state index contributed by atoms with van der Waals surface area (Å²) in [5.74, 6) is 0.120. The summed E-state index contributed by atoms with van der Waals surface area (Å²) in [6, 6.07) is 9.82. The minimum atomic E-state index is -0.473. The molecule has 0 saturated carbocycles. The van der Waals surface area contributed by atoms with Crippen molar-refractivity contribution in [2.45, 2.75) is 0 Å². The molecule has 6 nitrogen and oxygen atoms in total. The first-order chi connectivity index (χ1) is 12.9. The lowest BCUT2D eigenvalue weighted by Crippen LogP contribution is -2.28. The van der Waals surface area contributed by atoms with E-state index in [1.807, 2.05) is 0 Å². The van der Waals surface area contributed by atoms with Crippen molar-refractivity contribution in [2.75, 3.05) is 26.6 Å². The Bertz CT molecular complexity index is 972. The summed E-state index contributed by atoms with van der Waals surface area (Å²) in [7, 11) is 4.45. The van der Waals surface area contributed by atoms with E-state index in [2.05, 4.69) is 5.32 Å². The van der Waals surface area contributed by atoms with Crippen molar-refractivity contribution >= 4 is 46.3 Å². The Morgan fingerprint density at radius 1 is 0.963 bits per heavy atom. The van der Waals surface area contributed by atoms with E-state index in [1.165, 1.54) is 20.2 Å². The molecule has 0 bridgehead atoms. The average Bonchev–Trinajstić information content (AvgIpc) is 2.86. The summed E-state index contributed by atoms with van der Waals surface area (Å²) in [6.07, 6.45) is 0. The highest BCUT2D eigenvalue weighted by Crippen LogP contribution is 2.37. The molecule has 0 radical (unpaired) electrons. The number of nitrogens with one attached hydrogen (secondary N) is 1. The molecule has 2 amide bonds. The maximum atomic E-state index is 12.7. The van der Waals surface area contributed by atoms with Crippen molar-refractivity contribution in [2.24, 2.45) is 0 Å². The van der Waals surface area contributed by atoms with E-state index < -0.39 is 11.8 Å². The number of hydrogen-bond acceptors (Lipinski definition) is 5. The third-order valence-corrected chi connectivity index (χ3v) is 4.70. The molecule has 140 valence electrons. The van der Waals surface area contributed by atoms with E-state index in [1.54, 1.807) is 37.4 Å². The Hall–Kier alpha value is -2.70. The molecule has 0 aliphatic carbocycles. The molecular weight excluding hydrogens is 391 g/mol. The van der Waals surface area contributed by atoms with Crippen LogP contribution >= 0.6 is 23.2 Å². The number of halogens is 2. The monoisotopic (exact) mass is 406 g/mol. The Labute approximate surface area is 166 Å². The quantitative estimate of drug-likeness (QED) is 0.764. The highest BCUT2D eigenvalue weighted by Gasteiger charge is 2.38. The van der Waals surface area contributed by atoms with Gasteiger partial charge in [0.05, 0.1) is 30.5 Å². The Morgan fingerprint density at radius 3 is 2.33 bits per heavy atom. The van der Waals surface area contributed by atoms with Crippen molar-refractivity contribution in [3.8, 4) is 11.5 Å². The van der Waals surface area contributed by atoms with Crippen molar-refractivity contribution < 1.29 is 19.1 Å². The van der Waals surface area contributed by atoms with Gasteiger partial charge in [-0.25, -0.2) is 0 Å². The van der Waals surface area contributed by atoms with Gasteiger partial charge in [0.1, 0.15) is 17.2 Å². The fraction of sp³-hybridized carbons (Fsp3) is 0.158. The number of likely N-dealkylation sites (N-methyl/N-ethyl adjacent to an activating group) is 1. The molecule has 1 N–H and O–H groups in total. The number of amides is 2. The largest absolute Gasteiger partial charge is 0.497 e. The minimum absolute atomic E-state index is 0.107. The SMILES string of the molecule is COc1ccc(NC2=C(c3ccc(Cl)cc3Cl)C(=O)N(C)C2=O)c(OC)c1. The Balaban J connectivity index is 2.13. The third-order valence-electron chi connectivity index (χ3n) is 4.16. The Morgan fingerprint density at radius 2 is 1.70 bits per heavy atom. The number of benzene rings is 2. The van der Waals surface area contributed by atoms with Gasteiger partial charge >= 0.3 is 0 Å². The van der Waals surface area contributed by atoms with Gasteiger partial charge in [0.15, 0.2) is 0 Å². The summed E-state index contributed by atoms with van der Waals surface area (Å²) in [6.45, 7) is 0. The topological polar surface area (TPSA) is 67.9 Å². The first-order valence-electron chi connectivity index (χ1n) is 7.88. The maximum absolute atomic E-state index is 12.7. The smallest absolute Gasteiger partial charge is 0.277 e. The van der Waals surface area contributed by atoms with E-state index >= 15 is 0 Å². The summed E-state index contributed by atoms with van der Waals surface area (Å²) in [5, 5.41) is 3.71. The average molecular weight is 407 g/mol. The molecule has 27 heavy (non-hydrogen) atoms. The number of anilines is 1. The summed E-state index contributed by atoms with van der Waals surface area (Å²) in [4.78, 5) is 26.4. The van der Waals surface area contributed by atoms with Crippen LogP contribution in [0.15, 0.2) is 42.1 Å². The number of carbonyl (C=O) groups is 2. The van der Waals surface area contributed by atoms with Crippen LogP contribution < -0.4 is 14.8 Å². The van der Waals surface area contributed by atoms with Crippen LogP contribution in [-0.2, 0) is 9.59 Å². The van der Waals surface area contributed by atoms with E-state index in [9.17, 15) is 9.59 Å². The van der Waals surface area contributed by atoms with Gasteiger partial charge in [-0.1, -0.05) is 29.3 Å². The van der Waals surface area contributed by atoms with E-state index in [0.29, 0.717) is 27.8 Å². The Kier molecular flexibility index (Phi) is 5.30. The molecule has 0 atom stereocenters. The number of imide groups is 1. The lowest BCUT2D eigenvalue weighted by Gasteiger charge is -2.14. The zero-order chi connectivity index (χ0) is 19.7. The summed E-state index contributed by atoms with van der Waals surface area (Å²) >= 11 is 12.2. The van der Waals surface area contributed by atoms with Crippen molar-refractivity contribution in [3.05, 3.63) is 57.7 Å². The second kappa shape index (κ2) is 7.50. The molecular formula is C19H16Cl2N2O4. The number of ether oxygens (including phenoxy) is 2. The van der Waals surface area contributed by atoms with Crippen LogP contribution in [0.25, 0.3) is 5.57 Å². The van der Waals surface area contributed by atoms with Crippen LogP contribution in [0.2, 0.25) is 10.0 Å². The van der Waals surface area contributed by atoms with Crippen LogP contribution in [0.5, 0.6) is 11.5 Å². The van der Waals surface area contributed by atoms with Crippen molar-refractivity contribution in [1.82, 2.24) is 4.90 Å². The van der Waals surface area contributed by atoms with Gasteiger partial charge in [0.2, 0.25) is 0 Å². The van der Waals surface area contributed by atoms with Crippen LogP contribution in [0, 0.1) is 0 Å². The second-order valence-corrected chi connectivity index (χ2v) is 6.58. The summed E-state index contributed by atoms with van der Waals surface area (Å²) in [5.41, 5.74) is 1.20. The van der Waals surface area contributed by atoms with Gasteiger partial charge in [-0.05, 0) is 24.3 Å². The number of carbonyl (C=O) groups excluding carboxylic acids is 2. The number of nitrogens with zero attached hydrogens (tertiary/aromatic N) is 1. The standard InChI is InChI=1S/C19H16Cl2N2O4/c1-23-18(24)16(12-6-4-10(20)8-13(12)21)17(19(23)25)22-14-7-5-11(26-2)9-15(14)27-3/h4-9,22H,1-3H3. The normalized spacial score (nSPS) is 14.0. The lowest BCUT2D eigenvalue weighted by molar-refractivity contribution is -0.135. The van der Waals surface area contributed by atoms with Crippen LogP contribution in [0.1, 0.15) is 5.56 Å². The number of rotatable bonds is 5. The lowest BCUT2D eigenvalue weighted by atomic mass is 10.0. The predicted molar refractivity (Wildman–Crippen MR) is 104 cm³/mol. The first-order valence-corrected chi connectivity index (χ1v) is 8.64. The van der Waals surface area contributed by atoms with E-state index in [4.69, 9.17) is 32.7 Å². The molecule has 1 heterocycles. The minimum Gasteiger partial charge on any atom is -0.497 e. The molecule has 0 spiro atoms. The summed E-state index contributed by atoms with van der Waals surface area (Å²) < 4.78 is 10.5. The van der Waals surface area contributed by atoms with Gasteiger partial charge in [-0.2, -0.15) is 0 Å². The van der Waals surface area contributed by atoms with E-state index in [-0.39, 0.29) is 16.3 Å². The molecule has 2 aromatic rings. The van der Waals surface area contributed by atoms with Gasteiger partial charge < -0.3 is 14.8 Å². The van der Waals surface area contributed by atoms with Gasteiger partial charge in [-0.3, -0.25) is 14.5 Å². The first kappa shape index (κ1) is 19.1. The zero-order valence-electron chi connectivity index (χ0n) is 14.8.